The van der Waals surface area contributed by atoms with E-state index in [1.54, 1.807) is 12.1 Å². The molecule has 0 heterocycles. The van der Waals surface area contributed by atoms with Crippen LogP contribution in [0.5, 0.6) is 17.2 Å². The second-order valence-electron chi connectivity index (χ2n) is 13.9. The molecule has 0 spiro atoms. The summed E-state index contributed by atoms with van der Waals surface area (Å²) in [5.74, 6) is 1.75. The summed E-state index contributed by atoms with van der Waals surface area (Å²) in [4.78, 5) is 2.11. The number of hydrogen-bond donors (Lipinski definition) is 0. The first-order valence-electron chi connectivity index (χ1n) is 15.0. The molecule has 6 nitrogen and oxygen atoms in total. The molecule has 0 fully saturated rings. The maximum atomic E-state index is 14.0. The Morgan fingerprint density at radius 2 is 0.778 bits per heavy atom. The van der Waals surface area contributed by atoms with E-state index in [9.17, 15) is 8.42 Å². The van der Waals surface area contributed by atoms with Crippen molar-refractivity contribution in [2.24, 2.45) is 0 Å². The normalized spacial score (nSPS) is 13.3. The third kappa shape index (κ3) is 9.76. The maximum Gasteiger partial charge on any atom is 0.281 e. The van der Waals surface area contributed by atoms with Gasteiger partial charge in [0.1, 0.15) is 39.8 Å². The van der Waals surface area contributed by atoms with E-state index in [2.05, 4.69) is 0 Å². The Hall–Kier alpha value is -3.46. The van der Waals surface area contributed by atoms with Crippen molar-refractivity contribution in [1.29, 1.82) is 0 Å². The summed E-state index contributed by atoms with van der Waals surface area (Å²) in [6.07, 6.45) is 0. The van der Waals surface area contributed by atoms with Gasteiger partial charge in [-0.3, -0.25) is 0 Å². The highest BCUT2D eigenvalue weighted by Gasteiger charge is 2.38. The zero-order valence-corrected chi connectivity index (χ0v) is 29.4. The molecule has 8 heteroatoms. The van der Waals surface area contributed by atoms with Gasteiger partial charge in [-0.25, -0.2) is 3.63 Å². The van der Waals surface area contributed by atoms with Crippen LogP contribution in [0, 0.1) is 0 Å². The van der Waals surface area contributed by atoms with Crippen LogP contribution in [-0.4, -0.2) is 25.2 Å². The SMILES string of the molecule is CC(C)(C)Oc1ccc(S(OS(=O)(=O)Cc2ccccc2)(c2ccc(OC(C)(C)C)cc2)c2ccc(OC(C)(C)C)cc2)cc1. The van der Waals surface area contributed by atoms with Crippen molar-refractivity contribution in [3.05, 3.63) is 109 Å². The average Bonchev–Trinajstić information content (AvgIpc) is 2.91. The van der Waals surface area contributed by atoms with Crippen LogP contribution in [0.3, 0.4) is 0 Å². The van der Waals surface area contributed by atoms with Gasteiger partial charge in [0, 0.05) is 14.7 Å². The van der Waals surface area contributed by atoms with Gasteiger partial charge in [0.15, 0.2) is 0 Å². The molecule has 0 bridgehead atoms. The van der Waals surface area contributed by atoms with Crippen LogP contribution in [-0.2, 0) is 19.5 Å². The molecule has 4 rings (SSSR count). The minimum Gasteiger partial charge on any atom is -0.488 e. The van der Waals surface area contributed by atoms with Crippen LogP contribution < -0.4 is 14.2 Å². The molecule has 4 aromatic carbocycles. The zero-order valence-electron chi connectivity index (χ0n) is 27.8. The summed E-state index contributed by atoms with van der Waals surface area (Å²) >= 11 is 0. The number of hydrogen-bond acceptors (Lipinski definition) is 6. The minimum absolute atomic E-state index is 0.274. The van der Waals surface area contributed by atoms with E-state index in [1.807, 2.05) is 153 Å². The number of ether oxygens (including phenoxy) is 3. The highest BCUT2D eigenvalue weighted by atomic mass is 32.3. The lowest BCUT2D eigenvalue weighted by Gasteiger charge is -2.40. The third-order valence-electron chi connectivity index (χ3n) is 6.13. The summed E-state index contributed by atoms with van der Waals surface area (Å²) < 4.78 is 52.9. The molecule has 4 aromatic rings. The largest absolute Gasteiger partial charge is 0.488 e. The molecule has 0 atom stereocenters. The van der Waals surface area contributed by atoms with Crippen LogP contribution in [0.4, 0.5) is 0 Å². The first-order valence-corrected chi connectivity index (χ1v) is 18.2. The molecule has 0 N–H and O–H groups in total. The predicted molar refractivity (Wildman–Crippen MR) is 183 cm³/mol. The van der Waals surface area contributed by atoms with Crippen LogP contribution in [0.2, 0.25) is 0 Å². The molecule has 0 radical (unpaired) electrons. The Labute approximate surface area is 271 Å². The van der Waals surface area contributed by atoms with Gasteiger partial charge >= 0.3 is 0 Å². The molecule has 45 heavy (non-hydrogen) atoms. The molecule has 0 saturated carbocycles. The summed E-state index contributed by atoms with van der Waals surface area (Å²) in [5, 5.41) is 0. The first-order chi connectivity index (χ1) is 20.8. The van der Waals surface area contributed by atoms with Gasteiger partial charge < -0.3 is 14.2 Å². The van der Waals surface area contributed by atoms with Crippen LogP contribution in [0.1, 0.15) is 67.9 Å². The molecule has 0 aromatic heterocycles. The molecular weight excluding hydrogens is 605 g/mol. The van der Waals surface area contributed by atoms with Gasteiger partial charge in [-0.2, -0.15) is 8.42 Å². The van der Waals surface area contributed by atoms with Crippen LogP contribution >= 0.6 is 10.3 Å². The third-order valence-corrected chi connectivity index (χ3v) is 11.3. The van der Waals surface area contributed by atoms with Crippen LogP contribution in [0.15, 0.2) is 118 Å². The van der Waals surface area contributed by atoms with Gasteiger partial charge in [-0.05, 0) is 151 Å². The fourth-order valence-electron chi connectivity index (χ4n) is 4.64. The van der Waals surface area contributed by atoms with Crippen molar-refractivity contribution in [2.75, 3.05) is 0 Å². The van der Waals surface area contributed by atoms with Crippen molar-refractivity contribution >= 4 is 20.4 Å². The van der Waals surface area contributed by atoms with Gasteiger partial charge in [-0.15, -0.1) is 0 Å². The van der Waals surface area contributed by atoms with Gasteiger partial charge in [0.2, 0.25) is 0 Å². The lowest BCUT2D eigenvalue weighted by molar-refractivity contribution is 0.130. The average molecular weight is 651 g/mol. The number of benzene rings is 4. The maximum absolute atomic E-state index is 14.0. The number of rotatable bonds is 10. The second-order valence-corrected chi connectivity index (χ2v) is 18.3. The lowest BCUT2D eigenvalue weighted by atomic mass is 10.2. The van der Waals surface area contributed by atoms with Gasteiger partial charge in [0.05, 0.1) is 0 Å². The van der Waals surface area contributed by atoms with Gasteiger partial charge in [-0.1, -0.05) is 30.3 Å². The summed E-state index contributed by atoms with van der Waals surface area (Å²) in [5.41, 5.74) is -0.547. The Morgan fingerprint density at radius 1 is 0.467 bits per heavy atom. The fraction of sp³-hybridized carbons (Fsp3) is 0.351. The summed E-state index contributed by atoms with van der Waals surface area (Å²) in [7, 11) is -6.96. The molecule has 0 aliphatic rings. The van der Waals surface area contributed by atoms with E-state index in [1.165, 1.54) is 0 Å². The fourth-order valence-corrected chi connectivity index (χ4v) is 10.00. The van der Waals surface area contributed by atoms with Crippen molar-refractivity contribution < 1.29 is 26.3 Å². The van der Waals surface area contributed by atoms with E-state index in [4.69, 9.17) is 17.8 Å². The van der Waals surface area contributed by atoms with E-state index >= 15 is 0 Å². The molecule has 242 valence electrons. The molecular formula is C37H46O6S2. The standard InChI is InChI=1S/C37H46O6S2/c1-35(2,3)40-29-15-21-32(22-16-29)45(33-23-17-30(18-24-33)41-36(4,5)6,34-25-19-31(20-26-34)42-37(7,8)9)43-44(38,39)27-28-13-11-10-12-14-28/h10-26H,27H2,1-9H3. The molecule has 0 unspecified atom stereocenters. The highest BCUT2D eigenvalue weighted by Crippen LogP contribution is 2.70. The molecule has 0 aliphatic carbocycles. The second kappa shape index (κ2) is 13.1. The molecule has 0 aliphatic heterocycles. The van der Waals surface area contributed by atoms with Crippen LogP contribution in [0.25, 0.3) is 0 Å². The highest BCUT2D eigenvalue weighted by molar-refractivity contribution is 8.33. The monoisotopic (exact) mass is 650 g/mol. The Kier molecular flexibility index (Phi) is 10.0. The Bertz CT molecular complexity index is 1500. The lowest BCUT2D eigenvalue weighted by Crippen LogP contribution is -2.23. The Morgan fingerprint density at radius 3 is 1.07 bits per heavy atom. The smallest absolute Gasteiger partial charge is 0.281 e. The molecule has 0 saturated heterocycles. The predicted octanol–water partition coefficient (Wildman–Crippen LogP) is 9.96. The quantitative estimate of drug-likeness (QED) is 0.170. The van der Waals surface area contributed by atoms with Crippen molar-refractivity contribution in [3.8, 4) is 17.2 Å². The van der Waals surface area contributed by atoms with E-state index in [0.29, 0.717) is 37.5 Å². The van der Waals surface area contributed by atoms with Crippen molar-refractivity contribution in [2.45, 2.75) is 99.6 Å². The minimum atomic E-state index is -4.11. The van der Waals surface area contributed by atoms with Crippen molar-refractivity contribution in [1.82, 2.24) is 0 Å². The zero-order chi connectivity index (χ0) is 33.1. The molecule has 0 amide bonds. The van der Waals surface area contributed by atoms with Crippen molar-refractivity contribution in [3.63, 3.8) is 0 Å². The van der Waals surface area contributed by atoms with E-state index in [-0.39, 0.29) is 5.75 Å². The van der Waals surface area contributed by atoms with E-state index in [0.717, 1.165) is 0 Å². The first kappa shape index (κ1) is 34.4. The topological polar surface area (TPSA) is 71.1 Å². The summed E-state index contributed by atoms with van der Waals surface area (Å²) in [6, 6.07) is 31.6. The van der Waals surface area contributed by atoms with Gasteiger partial charge in [0.25, 0.3) is 10.1 Å². The van der Waals surface area contributed by atoms with E-state index < -0.39 is 37.2 Å². The summed E-state index contributed by atoms with van der Waals surface area (Å²) in [6.45, 7) is 17.9. The Balaban J connectivity index is 1.93.